The summed E-state index contributed by atoms with van der Waals surface area (Å²) in [6.45, 7) is 11.9. The van der Waals surface area contributed by atoms with Gasteiger partial charge >= 0.3 is 0 Å². The van der Waals surface area contributed by atoms with Crippen LogP contribution in [-0.4, -0.2) is 34.8 Å². The summed E-state index contributed by atoms with van der Waals surface area (Å²) in [5, 5.41) is 2.89. The van der Waals surface area contributed by atoms with Gasteiger partial charge in [0.2, 0.25) is 11.8 Å². The van der Waals surface area contributed by atoms with E-state index in [0.29, 0.717) is 13.0 Å². The first-order chi connectivity index (χ1) is 7.67. The molecule has 2 amide bonds. The van der Waals surface area contributed by atoms with Gasteiger partial charge in [-0.15, -0.1) is 0 Å². The predicted molar refractivity (Wildman–Crippen MR) is 69.7 cm³/mol. The van der Waals surface area contributed by atoms with Gasteiger partial charge in [-0.3, -0.25) is 9.59 Å². The quantitative estimate of drug-likeness (QED) is 0.801. The molecule has 1 unspecified atom stereocenters. The Balaban J connectivity index is 4.23. The standard InChI is InChI=1S/C13H26N2O2/c1-7-10(2)15(11(3)16)9-8-12(17)14-13(4,5)6/h10H,7-9H2,1-6H3,(H,14,17). The number of rotatable bonds is 5. The highest BCUT2D eigenvalue weighted by Gasteiger charge is 2.18. The van der Waals surface area contributed by atoms with E-state index in [1.165, 1.54) is 0 Å². The lowest BCUT2D eigenvalue weighted by Gasteiger charge is -2.28. The van der Waals surface area contributed by atoms with Gasteiger partial charge in [0.25, 0.3) is 0 Å². The molecule has 100 valence electrons. The molecule has 0 saturated heterocycles. The number of carbonyl (C=O) groups excluding carboxylic acids is 2. The predicted octanol–water partition coefficient (Wildman–Crippen LogP) is 1.94. The first-order valence-corrected chi connectivity index (χ1v) is 6.25. The van der Waals surface area contributed by atoms with Crippen LogP contribution in [-0.2, 0) is 9.59 Å². The van der Waals surface area contributed by atoms with E-state index in [1.807, 2.05) is 34.6 Å². The van der Waals surface area contributed by atoms with Gasteiger partial charge in [0.05, 0.1) is 0 Å². The number of hydrogen-bond donors (Lipinski definition) is 1. The lowest BCUT2D eigenvalue weighted by Crippen LogP contribution is -2.44. The van der Waals surface area contributed by atoms with E-state index in [4.69, 9.17) is 0 Å². The average molecular weight is 242 g/mol. The van der Waals surface area contributed by atoms with E-state index in [2.05, 4.69) is 5.32 Å². The zero-order valence-electron chi connectivity index (χ0n) is 12.0. The molecule has 4 nitrogen and oxygen atoms in total. The van der Waals surface area contributed by atoms with Crippen molar-refractivity contribution in [3.63, 3.8) is 0 Å². The van der Waals surface area contributed by atoms with E-state index in [0.717, 1.165) is 6.42 Å². The van der Waals surface area contributed by atoms with Crippen LogP contribution in [0.3, 0.4) is 0 Å². The second-order valence-corrected chi connectivity index (χ2v) is 5.52. The van der Waals surface area contributed by atoms with Crippen molar-refractivity contribution >= 4 is 11.8 Å². The molecule has 17 heavy (non-hydrogen) atoms. The van der Waals surface area contributed by atoms with Crippen LogP contribution in [0.5, 0.6) is 0 Å². The van der Waals surface area contributed by atoms with Crippen LogP contribution in [0.2, 0.25) is 0 Å². The fraction of sp³-hybridized carbons (Fsp3) is 0.846. The molecule has 0 aliphatic rings. The summed E-state index contributed by atoms with van der Waals surface area (Å²) in [5.41, 5.74) is -0.214. The number of hydrogen-bond acceptors (Lipinski definition) is 2. The molecule has 0 aromatic carbocycles. The van der Waals surface area contributed by atoms with Crippen LogP contribution in [0.25, 0.3) is 0 Å². The largest absolute Gasteiger partial charge is 0.351 e. The summed E-state index contributed by atoms with van der Waals surface area (Å²) in [6.07, 6.45) is 1.27. The van der Waals surface area contributed by atoms with E-state index in [-0.39, 0.29) is 23.4 Å². The molecular weight excluding hydrogens is 216 g/mol. The summed E-state index contributed by atoms with van der Waals surface area (Å²) in [4.78, 5) is 24.8. The fourth-order valence-corrected chi connectivity index (χ4v) is 1.61. The van der Waals surface area contributed by atoms with Gasteiger partial charge in [-0.25, -0.2) is 0 Å². The highest BCUT2D eigenvalue weighted by molar-refractivity contribution is 5.78. The molecule has 0 aliphatic carbocycles. The average Bonchev–Trinajstić information content (AvgIpc) is 2.14. The molecule has 0 heterocycles. The van der Waals surface area contributed by atoms with Gasteiger partial charge in [0.1, 0.15) is 0 Å². The van der Waals surface area contributed by atoms with E-state index < -0.39 is 0 Å². The van der Waals surface area contributed by atoms with Gasteiger partial charge in [-0.2, -0.15) is 0 Å². The van der Waals surface area contributed by atoms with Gasteiger partial charge in [0.15, 0.2) is 0 Å². The lowest BCUT2D eigenvalue weighted by molar-refractivity contribution is -0.131. The Labute approximate surface area is 105 Å². The lowest BCUT2D eigenvalue weighted by atomic mass is 10.1. The Hall–Kier alpha value is -1.06. The minimum atomic E-state index is -0.214. The Morgan fingerprint density at radius 1 is 1.29 bits per heavy atom. The van der Waals surface area contributed by atoms with E-state index >= 15 is 0 Å². The van der Waals surface area contributed by atoms with E-state index in [9.17, 15) is 9.59 Å². The molecule has 1 atom stereocenters. The van der Waals surface area contributed by atoms with Crippen molar-refractivity contribution in [3.05, 3.63) is 0 Å². The Kier molecular flexibility index (Phi) is 6.21. The van der Waals surface area contributed by atoms with Crippen molar-refractivity contribution in [3.8, 4) is 0 Å². The SMILES string of the molecule is CCC(C)N(CCC(=O)NC(C)(C)C)C(C)=O. The maximum atomic E-state index is 11.6. The molecule has 0 aromatic heterocycles. The third kappa shape index (κ3) is 6.97. The van der Waals surface area contributed by atoms with Crippen molar-refractivity contribution in [2.75, 3.05) is 6.54 Å². The summed E-state index contributed by atoms with van der Waals surface area (Å²) in [5.74, 6) is 0.0231. The molecule has 0 aliphatic heterocycles. The molecule has 0 bridgehead atoms. The third-order valence-corrected chi connectivity index (χ3v) is 2.62. The molecule has 0 aromatic rings. The summed E-state index contributed by atoms with van der Waals surface area (Å²) < 4.78 is 0. The Bertz CT molecular complexity index is 269. The van der Waals surface area contributed by atoms with Gasteiger partial charge in [-0.05, 0) is 34.1 Å². The van der Waals surface area contributed by atoms with Gasteiger partial charge in [0, 0.05) is 31.5 Å². The minimum absolute atomic E-state index is 0.00736. The molecule has 0 rings (SSSR count). The van der Waals surface area contributed by atoms with Crippen LogP contribution in [0.15, 0.2) is 0 Å². The molecule has 0 radical (unpaired) electrons. The number of amides is 2. The van der Waals surface area contributed by atoms with Crippen LogP contribution in [0.1, 0.15) is 54.4 Å². The summed E-state index contributed by atoms with van der Waals surface area (Å²) in [7, 11) is 0. The minimum Gasteiger partial charge on any atom is -0.351 e. The van der Waals surface area contributed by atoms with Crippen LogP contribution in [0, 0.1) is 0 Å². The monoisotopic (exact) mass is 242 g/mol. The summed E-state index contributed by atoms with van der Waals surface area (Å²) in [6, 6.07) is 0.190. The topological polar surface area (TPSA) is 49.4 Å². The Morgan fingerprint density at radius 2 is 1.82 bits per heavy atom. The summed E-state index contributed by atoms with van der Waals surface area (Å²) >= 11 is 0. The third-order valence-electron chi connectivity index (χ3n) is 2.62. The van der Waals surface area contributed by atoms with Crippen molar-refractivity contribution in [2.45, 2.75) is 66.0 Å². The van der Waals surface area contributed by atoms with Crippen molar-refractivity contribution < 1.29 is 9.59 Å². The smallest absolute Gasteiger partial charge is 0.222 e. The number of carbonyl (C=O) groups is 2. The highest BCUT2D eigenvalue weighted by Crippen LogP contribution is 2.06. The Morgan fingerprint density at radius 3 is 2.18 bits per heavy atom. The van der Waals surface area contributed by atoms with Gasteiger partial charge in [-0.1, -0.05) is 6.92 Å². The highest BCUT2D eigenvalue weighted by atomic mass is 16.2. The maximum absolute atomic E-state index is 11.6. The zero-order valence-corrected chi connectivity index (χ0v) is 12.0. The number of nitrogens with one attached hydrogen (secondary N) is 1. The fourth-order valence-electron chi connectivity index (χ4n) is 1.61. The maximum Gasteiger partial charge on any atom is 0.222 e. The van der Waals surface area contributed by atoms with Gasteiger partial charge < -0.3 is 10.2 Å². The second kappa shape index (κ2) is 6.62. The second-order valence-electron chi connectivity index (χ2n) is 5.52. The first-order valence-electron chi connectivity index (χ1n) is 6.25. The van der Waals surface area contributed by atoms with Crippen molar-refractivity contribution in [2.24, 2.45) is 0 Å². The van der Waals surface area contributed by atoms with Crippen LogP contribution < -0.4 is 5.32 Å². The molecule has 0 saturated carbocycles. The molecular formula is C13H26N2O2. The first kappa shape index (κ1) is 15.9. The van der Waals surface area contributed by atoms with Crippen molar-refractivity contribution in [1.29, 1.82) is 0 Å². The molecule has 1 N–H and O–H groups in total. The number of nitrogens with zero attached hydrogens (tertiary/aromatic N) is 1. The van der Waals surface area contributed by atoms with Crippen LogP contribution >= 0.6 is 0 Å². The van der Waals surface area contributed by atoms with E-state index in [1.54, 1.807) is 11.8 Å². The molecule has 0 spiro atoms. The molecule has 4 heteroatoms. The van der Waals surface area contributed by atoms with Crippen LogP contribution in [0.4, 0.5) is 0 Å². The zero-order chi connectivity index (χ0) is 13.6. The normalized spacial score (nSPS) is 13.1. The molecule has 0 fully saturated rings. The van der Waals surface area contributed by atoms with Crippen molar-refractivity contribution in [1.82, 2.24) is 10.2 Å².